The third kappa shape index (κ3) is 3.85. The van der Waals surface area contributed by atoms with E-state index in [-0.39, 0.29) is 5.56 Å². The number of esters is 1. The number of carbonyl (C=O) groups excluding carboxylic acids is 5. The zero-order valence-electron chi connectivity index (χ0n) is 22.1. The Morgan fingerprint density at radius 2 is 1.26 bits per heavy atom. The van der Waals surface area contributed by atoms with Gasteiger partial charge >= 0.3 is 5.97 Å². The van der Waals surface area contributed by atoms with E-state index in [4.69, 9.17) is 45.3 Å². The van der Waals surface area contributed by atoms with Gasteiger partial charge in [-0.2, -0.15) is 0 Å². The van der Waals surface area contributed by atoms with E-state index in [0.29, 0.717) is 32.2 Å². The molecule has 3 aromatic carbocycles. The van der Waals surface area contributed by atoms with Gasteiger partial charge in [-0.05, 0) is 53.4 Å². The molecule has 1 heterocycles. The van der Waals surface area contributed by atoms with Crippen molar-refractivity contribution in [2.45, 2.75) is 35.2 Å². The fourth-order valence-electron chi connectivity index (χ4n) is 6.62. The summed E-state index contributed by atoms with van der Waals surface area (Å²) in [6, 6.07) is 18.4. The third-order valence-corrected chi connectivity index (χ3v) is 9.93. The predicted octanol–water partition coefficient (Wildman–Crippen LogP) is 4.29. The van der Waals surface area contributed by atoms with Gasteiger partial charge in [-0.3, -0.25) is 24.1 Å². The Morgan fingerprint density at radius 1 is 0.833 bits per heavy atom. The first kappa shape index (κ1) is 28.4. The Kier molecular flexibility index (Phi) is 6.72. The summed E-state index contributed by atoms with van der Waals surface area (Å²) in [5.41, 5.74) is 8.03. The Hall–Kier alpha value is -3.72. The maximum atomic E-state index is 14.2. The summed E-state index contributed by atoms with van der Waals surface area (Å²) < 4.78 is 5.42. The van der Waals surface area contributed by atoms with Crippen LogP contribution in [0.5, 0.6) is 0 Å². The molecule has 1 aliphatic heterocycles. The maximum absolute atomic E-state index is 14.2. The smallest absolute Gasteiger partial charge is 0.330 e. The lowest BCUT2D eigenvalue weighted by Gasteiger charge is -2.54. The third-order valence-electron chi connectivity index (χ3n) is 8.39. The quantitative estimate of drug-likeness (QED) is 0.181. The average Bonchev–Trinajstić information content (AvgIpc) is 3.25. The van der Waals surface area contributed by atoms with Crippen LogP contribution in [0.4, 0.5) is 0 Å². The lowest BCUT2D eigenvalue weighted by atomic mass is 9.54. The molecular formula is C31H23Cl3N2O6. The fourth-order valence-corrected chi connectivity index (χ4v) is 7.85. The average molecular weight is 626 g/mol. The number of Topliss-reactive ketones (excluding diaryl/α,β-unsaturated/α-hetero) is 1. The van der Waals surface area contributed by atoms with Gasteiger partial charge in [0.05, 0.1) is 18.3 Å². The Labute approximate surface area is 255 Å². The number of hydrogen-bond donors (Lipinski definition) is 1. The molecule has 3 aliphatic carbocycles. The number of nitrogens with two attached hydrogens (primary N) is 1. The van der Waals surface area contributed by atoms with Crippen LogP contribution in [0.15, 0.2) is 72.8 Å². The van der Waals surface area contributed by atoms with Crippen LogP contribution in [-0.2, 0) is 33.7 Å². The molecule has 0 aromatic heterocycles. The van der Waals surface area contributed by atoms with Crippen LogP contribution in [0.3, 0.4) is 0 Å². The maximum Gasteiger partial charge on any atom is 0.330 e. The number of nitrogens with zero attached hydrogens (tertiary/aromatic N) is 1. The van der Waals surface area contributed by atoms with Crippen molar-refractivity contribution < 1.29 is 28.7 Å². The lowest BCUT2D eigenvalue weighted by Crippen LogP contribution is -2.57. The highest BCUT2D eigenvalue weighted by Gasteiger charge is 2.74. The second-order valence-corrected chi connectivity index (χ2v) is 12.3. The molecule has 7 rings (SSSR count). The van der Waals surface area contributed by atoms with Crippen LogP contribution in [0.25, 0.3) is 0 Å². The highest BCUT2D eigenvalue weighted by molar-refractivity contribution is 6.36. The second-order valence-electron chi connectivity index (χ2n) is 10.7. The molecule has 1 fully saturated rings. The van der Waals surface area contributed by atoms with Crippen molar-refractivity contribution in [2.24, 2.45) is 17.6 Å². The molecule has 0 unspecified atom stereocenters. The van der Waals surface area contributed by atoms with Crippen LogP contribution < -0.4 is 5.73 Å². The van der Waals surface area contributed by atoms with Crippen molar-refractivity contribution in [1.82, 2.24) is 4.90 Å². The topological polar surface area (TPSA) is 124 Å². The highest BCUT2D eigenvalue weighted by Crippen LogP contribution is 2.69. The first-order chi connectivity index (χ1) is 19.9. The van der Waals surface area contributed by atoms with E-state index in [0.717, 1.165) is 0 Å². The number of ketones is 1. The molecule has 1 saturated heterocycles. The van der Waals surface area contributed by atoms with Crippen molar-refractivity contribution in [3.05, 3.63) is 106 Å². The SMILES string of the molecule is C[C@@H](OC(=O)[C@@H](CC(N)=O)N1C(=O)[C@@H]2[C@H](C1=O)C1(Cl)c3ccccc3C2(Cl)c2ccccc21)C(=O)c1ccc(Cl)cc1. The number of halogens is 3. The van der Waals surface area contributed by atoms with Gasteiger partial charge in [0.25, 0.3) is 0 Å². The second kappa shape index (κ2) is 9.93. The number of alkyl halides is 2. The number of primary amides is 1. The zero-order chi connectivity index (χ0) is 30.1. The minimum absolute atomic E-state index is 0.228. The van der Waals surface area contributed by atoms with Crippen LogP contribution in [0, 0.1) is 11.8 Å². The van der Waals surface area contributed by atoms with Gasteiger partial charge in [0.1, 0.15) is 15.8 Å². The van der Waals surface area contributed by atoms with Gasteiger partial charge in [0.15, 0.2) is 6.10 Å². The summed E-state index contributed by atoms with van der Waals surface area (Å²) in [6.45, 7) is 1.35. The predicted molar refractivity (Wildman–Crippen MR) is 154 cm³/mol. The number of amides is 3. The summed E-state index contributed by atoms with van der Waals surface area (Å²) >= 11 is 20.7. The minimum Gasteiger partial charge on any atom is -0.453 e. The molecule has 0 saturated carbocycles. The molecule has 2 N–H and O–H groups in total. The first-order valence-electron chi connectivity index (χ1n) is 13.2. The van der Waals surface area contributed by atoms with Crippen LogP contribution in [0.1, 0.15) is 46.0 Å². The van der Waals surface area contributed by atoms with Crippen molar-refractivity contribution in [2.75, 3.05) is 0 Å². The monoisotopic (exact) mass is 624 g/mol. The van der Waals surface area contributed by atoms with Crippen LogP contribution in [0.2, 0.25) is 5.02 Å². The summed E-state index contributed by atoms with van der Waals surface area (Å²) in [6.07, 6.45) is -2.03. The normalized spacial score (nSPS) is 26.6. The number of ether oxygens (including phenoxy) is 1. The van der Waals surface area contributed by atoms with Crippen LogP contribution >= 0.6 is 34.8 Å². The lowest BCUT2D eigenvalue weighted by molar-refractivity contribution is -0.161. The number of carbonyl (C=O) groups is 5. The van der Waals surface area contributed by atoms with Gasteiger partial charge in [0, 0.05) is 10.6 Å². The number of imide groups is 1. The molecule has 0 spiro atoms. The summed E-state index contributed by atoms with van der Waals surface area (Å²) in [5, 5.41) is 0.414. The Balaban J connectivity index is 1.40. The van der Waals surface area contributed by atoms with E-state index < -0.39 is 69.6 Å². The molecule has 11 heteroatoms. The number of benzene rings is 3. The van der Waals surface area contributed by atoms with Gasteiger partial charge < -0.3 is 10.5 Å². The molecular weight excluding hydrogens is 603 g/mol. The van der Waals surface area contributed by atoms with E-state index in [1.807, 2.05) is 0 Å². The standard InChI is InChI=1S/C31H23Cl3N2O6/c1-15(26(38)16-10-12-17(32)13-11-16)42-29(41)22(14-23(35)37)36-27(39)24-25(28(36)40)31(34)19-7-3-2-6-18(19)30(24,33)20-8-4-5-9-21(20)31/h2-13,15,22,24-25H,14H2,1H3,(H2,35,37)/t15-,22-,24-,25+,30?,31?/m1/s1. The van der Waals surface area contributed by atoms with Crippen molar-refractivity contribution in [3.63, 3.8) is 0 Å². The molecule has 214 valence electrons. The van der Waals surface area contributed by atoms with Crippen LogP contribution in [-0.4, -0.2) is 46.5 Å². The van der Waals surface area contributed by atoms with E-state index in [2.05, 4.69) is 0 Å². The summed E-state index contributed by atoms with van der Waals surface area (Å²) in [7, 11) is 0. The molecule has 4 aliphatic rings. The van der Waals surface area contributed by atoms with Gasteiger partial charge in [-0.25, -0.2) is 4.79 Å². The number of hydrogen-bond acceptors (Lipinski definition) is 6. The number of likely N-dealkylation sites (tertiary alicyclic amines) is 1. The highest BCUT2D eigenvalue weighted by atomic mass is 35.5. The van der Waals surface area contributed by atoms with E-state index in [9.17, 15) is 24.0 Å². The van der Waals surface area contributed by atoms with Gasteiger partial charge in [-0.1, -0.05) is 60.1 Å². The van der Waals surface area contributed by atoms with E-state index >= 15 is 0 Å². The fraction of sp³-hybridized carbons (Fsp3) is 0.258. The molecule has 42 heavy (non-hydrogen) atoms. The van der Waals surface area contributed by atoms with Gasteiger partial charge in [-0.15, -0.1) is 23.2 Å². The van der Waals surface area contributed by atoms with Crippen molar-refractivity contribution in [1.29, 1.82) is 0 Å². The molecule has 8 nitrogen and oxygen atoms in total. The summed E-state index contributed by atoms with van der Waals surface area (Å²) in [5.74, 6) is -6.59. The summed E-state index contributed by atoms with van der Waals surface area (Å²) in [4.78, 5) is 64.8. The number of rotatable bonds is 7. The molecule has 2 bridgehead atoms. The van der Waals surface area contributed by atoms with E-state index in [1.165, 1.54) is 31.2 Å². The Bertz CT molecular complexity index is 1570. The largest absolute Gasteiger partial charge is 0.453 e. The van der Waals surface area contributed by atoms with Crippen molar-refractivity contribution >= 4 is 64.3 Å². The zero-order valence-corrected chi connectivity index (χ0v) is 24.3. The minimum atomic E-state index is -1.74. The van der Waals surface area contributed by atoms with Crippen molar-refractivity contribution in [3.8, 4) is 0 Å². The molecule has 3 aromatic rings. The van der Waals surface area contributed by atoms with E-state index in [1.54, 1.807) is 48.5 Å². The van der Waals surface area contributed by atoms with Gasteiger partial charge in [0.2, 0.25) is 23.5 Å². The Morgan fingerprint density at radius 3 is 1.67 bits per heavy atom. The molecule has 4 atom stereocenters. The molecule has 3 amide bonds. The first-order valence-corrected chi connectivity index (χ1v) is 14.3. The molecule has 0 radical (unpaired) electrons.